The zero-order valence-corrected chi connectivity index (χ0v) is 9.56. The maximum atomic E-state index is 12.8. The number of aromatic nitrogens is 2. The van der Waals surface area contributed by atoms with E-state index >= 15 is 0 Å². The summed E-state index contributed by atoms with van der Waals surface area (Å²) in [6.07, 6.45) is 3.64. The van der Waals surface area contributed by atoms with E-state index in [1.165, 1.54) is 18.5 Å². The summed E-state index contributed by atoms with van der Waals surface area (Å²) in [6.45, 7) is 2.65. The van der Waals surface area contributed by atoms with Crippen molar-refractivity contribution in [2.75, 3.05) is 0 Å². The third-order valence-electron chi connectivity index (χ3n) is 2.54. The first-order valence-electron chi connectivity index (χ1n) is 5.53. The van der Waals surface area contributed by atoms with Gasteiger partial charge in [0.1, 0.15) is 12.1 Å². The normalized spacial score (nSPS) is 12.6. The van der Waals surface area contributed by atoms with Crippen LogP contribution in [-0.2, 0) is 6.54 Å². The van der Waals surface area contributed by atoms with E-state index in [4.69, 9.17) is 4.52 Å². The highest BCUT2D eigenvalue weighted by atomic mass is 19.1. The van der Waals surface area contributed by atoms with Gasteiger partial charge < -0.3 is 9.84 Å². The summed E-state index contributed by atoms with van der Waals surface area (Å²) >= 11 is 0. The Morgan fingerprint density at radius 1 is 1.41 bits per heavy atom. The Hall–Kier alpha value is -1.75. The smallest absolute Gasteiger partial charge is 0.141 e. The molecule has 1 unspecified atom stereocenters. The summed E-state index contributed by atoms with van der Waals surface area (Å²) in [5, 5.41) is 7.11. The standard InChI is InChI=1S/C12H14FN3O/c1-2-11(12-4-3-9(13)7-14-12)15-8-10-5-6-17-16-10/h3-7,11,15H,2,8H2,1H3. The van der Waals surface area contributed by atoms with E-state index in [1.807, 2.05) is 6.92 Å². The lowest BCUT2D eigenvalue weighted by Crippen LogP contribution is -2.21. The Morgan fingerprint density at radius 2 is 2.29 bits per heavy atom. The third-order valence-corrected chi connectivity index (χ3v) is 2.54. The topological polar surface area (TPSA) is 51.0 Å². The van der Waals surface area contributed by atoms with E-state index in [2.05, 4.69) is 15.5 Å². The summed E-state index contributed by atoms with van der Waals surface area (Å²) in [5.41, 5.74) is 1.67. The maximum absolute atomic E-state index is 12.8. The van der Waals surface area contributed by atoms with Gasteiger partial charge in [0.15, 0.2) is 0 Å². The number of hydrogen-bond acceptors (Lipinski definition) is 4. The number of halogens is 1. The molecule has 0 bridgehead atoms. The second kappa shape index (κ2) is 5.54. The Morgan fingerprint density at radius 3 is 2.88 bits per heavy atom. The van der Waals surface area contributed by atoms with Gasteiger partial charge in [0.05, 0.1) is 17.6 Å². The first-order valence-corrected chi connectivity index (χ1v) is 5.53. The van der Waals surface area contributed by atoms with Crippen molar-refractivity contribution >= 4 is 0 Å². The van der Waals surface area contributed by atoms with Crippen LogP contribution in [0.4, 0.5) is 4.39 Å². The fraction of sp³-hybridized carbons (Fsp3) is 0.333. The van der Waals surface area contributed by atoms with Gasteiger partial charge in [-0.3, -0.25) is 4.98 Å². The van der Waals surface area contributed by atoms with Crippen molar-refractivity contribution in [3.63, 3.8) is 0 Å². The minimum Gasteiger partial charge on any atom is -0.364 e. The summed E-state index contributed by atoms with van der Waals surface area (Å²) < 4.78 is 17.5. The molecule has 0 aromatic carbocycles. The summed E-state index contributed by atoms with van der Waals surface area (Å²) in [7, 11) is 0. The van der Waals surface area contributed by atoms with E-state index in [9.17, 15) is 4.39 Å². The Kier molecular flexibility index (Phi) is 3.82. The second-order valence-corrected chi connectivity index (χ2v) is 3.73. The molecule has 0 aliphatic rings. The largest absolute Gasteiger partial charge is 0.364 e. The first kappa shape index (κ1) is 11.7. The van der Waals surface area contributed by atoms with Crippen LogP contribution in [0.3, 0.4) is 0 Å². The van der Waals surface area contributed by atoms with Crippen LogP contribution in [0.15, 0.2) is 35.2 Å². The number of hydrogen-bond donors (Lipinski definition) is 1. The molecular weight excluding hydrogens is 221 g/mol. The zero-order chi connectivity index (χ0) is 12.1. The molecule has 2 rings (SSSR count). The summed E-state index contributed by atoms with van der Waals surface area (Å²) in [6, 6.07) is 5.01. The lowest BCUT2D eigenvalue weighted by Gasteiger charge is -2.15. The summed E-state index contributed by atoms with van der Waals surface area (Å²) in [5.74, 6) is -0.319. The third kappa shape index (κ3) is 3.10. The Bertz CT molecular complexity index is 441. The molecule has 2 heterocycles. The number of pyridine rings is 1. The van der Waals surface area contributed by atoms with Crippen molar-refractivity contribution in [1.29, 1.82) is 0 Å². The quantitative estimate of drug-likeness (QED) is 0.864. The predicted octanol–water partition coefficient (Wildman–Crippen LogP) is 2.45. The van der Waals surface area contributed by atoms with Crippen LogP contribution in [0.1, 0.15) is 30.8 Å². The zero-order valence-electron chi connectivity index (χ0n) is 9.56. The van der Waals surface area contributed by atoms with Gasteiger partial charge in [-0.25, -0.2) is 4.39 Å². The molecule has 0 spiro atoms. The van der Waals surface area contributed by atoms with Crippen molar-refractivity contribution in [3.8, 4) is 0 Å². The monoisotopic (exact) mass is 235 g/mol. The van der Waals surface area contributed by atoms with Crippen LogP contribution in [0.5, 0.6) is 0 Å². The van der Waals surface area contributed by atoms with Crippen LogP contribution < -0.4 is 5.32 Å². The predicted molar refractivity (Wildman–Crippen MR) is 60.6 cm³/mol. The number of nitrogens with one attached hydrogen (secondary N) is 1. The van der Waals surface area contributed by atoms with Crippen molar-refractivity contribution in [3.05, 3.63) is 47.9 Å². The number of nitrogens with zero attached hydrogens (tertiary/aromatic N) is 2. The van der Waals surface area contributed by atoms with Crippen LogP contribution in [-0.4, -0.2) is 10.1 Å². The van der Waals surface area contributed by atoms with Gasteiger partial charge in [-0.15, -0.1) is 0 Å². The number of rotatable bonds is 5. The lowest BCUT2D eigenvalue weighted by atomic mass is 10.1. The fourth-order valence-electron chi connectivity index (χ4n) is 1.61. The van der Waals surface area contributed by atoms with E-state index in [1.54, 1.807) is 12.1 Å². The van der Waals surface area contributed by atoms with Gasteiger partial charge >= 0.3 is 0 Å². The van der Waals surface area contributed by atoms with Gasteiger partial charge in [-0.05, 0) is 18.6 Å². The minimum atomic E-state index is -0.319. The molecule has 2 aromatic rings. The van der Waals surface area contributed by atoms with Gasteiger partial charge in [0.25, 0.3) is 0 Å². The average molecular weight is 235 g/mol. The van der Waals surface area contributed by atoms with Crippen LogP contribution in [0.2, 0.25) is 0 Å². The van der Waals surface area contributed by atoms with Crippen molar-refractivity contribution in [2.45, 2.75) is 25.9 Å². The molecule has 0 radical (unpaired) electrons. The highest BCUT2D eigenvalue weighted by molar-refractivity contribution is 5.10. The van der Waals surface area contributed by atoms with Crippen LogP contribution in [0, 0.1) is 5.82 Å². The Balaban J connectivity index is 1.99. The van der Waals surface area contributed by atoms with Gasteiger partial charge in [-0.2, -0.15) is 0 Å². The van der Waals surface area contributed by atoms with Crippen molar-refractivity contribution < 1.29 is 8.91 Å². The SMILES string of the molecule is CCC(NCc1ccon1)c1ccc(F)cn1. The van der Waals surface area contributed by atoms with Gasteiger partial charge in [-0.1, -0.05) is 12.1 Å². The molecule has 0 fully saturated rings. The second-order valence-electron chi connectivity index (χ2n) is 3.73. The average Bonchev–Trinajstić information content (AvgIpc) is 2.85. The van der Waals surface area contributed by atoms with E-state index in [0.717, 1.165) is 17.8 Å². The highest BCUT2D eigenvalue weighted by Crippen LogP contribution is 2.14. The lowest BCUT2D eigenvalue weighted by molar-refractivity contribution is 0.403. The molecular formula is C12H14FN3O. The van der Waals surface area contributed by atoms with Crippen LogP contribution in [0.25, 0.3) is 0 Å². The van der Waals surface area contributed by atoms with E-state index in [0.29, 0.717) is 6.54 Å². The molecule has 0 saturated heterocycles. The highest BCUT2D eigenvalue weighted by Gasteiger charge is 2.10. The molecule has 2 aromatic heterocycles. The summed E-state index contributed by atoms with van der Waals surface area (Å²) in [4.78, 5) is 4.07. The molecule has 0 amide bonds. The van der Waals surface area contributed by atoms with Gasteiger partial charge in [0.2, 0.25) is 0 Å². The molecule has 0 saturated carbocycles. The molecule has 4 nitrogen and oxygen atoms in total. The molecule has 17 heavy (non-hydrogen) atoms. The molecule has 0 aliphatic heterocycles. The molecule has 1 N–H and O–H groups in total. The molecule has 1 atom stereocenters. The van der Waals surface area contributed by atoms with E-state index in [-0.39, 0.29) is 11.9 Å². The van der Waals surface area contributed by atoms with Gasteiger partial charge in [0, 0.05) is 18.7 Å². The van der Waals surface area contributed by atoms with Crippen molar-refractivity contribution in [1.82, 2.24) is 15.5 Å². The molecule has 5 heteroatoms. The van der Waals surface area contributed by atoms with E-state index < -0.39 is 0 Å². The fourth-order valence-corrected chi connectivity index (χ4v) is 1.61. The first-order chi connectivity index (χ1) is 8.29. The molecule has 0 aliphatic carbocycles. The van der Waals surface area contributed by atoms with Crippen LogP contribution >= 0.6 is 0 Å². The maximum Gasteiger partial charge on any atom is 0.141 e. The Labute approximate surface area is 98.8 Å². The van der Waals surface area contributed by atoms with Crippen molar-refractivity contribution in [2.24, 2.45) is 0 Å². The molecule has 90 valence electrons. The minimum absolute atomic E-state index is 0.0901.